The lowest BCUT2D eigenvalue weighted by atomic mass is 9.94. The average Bonchev–Trinajstić information content (AvgIpc) is 2.52. The van der Waals surface area contributed by atoms with E-state index in [0.29, 0.717) is 5.69 Å². The van der Waals surface area contributed by atoms with Gasteiger partial charge in [-0.05, 0) is 19.8 Å². The number of aliphatic hydroxyl groups is 1. The van der Waals surface area contributed by atoms with Gasteiger partial charge in [-0.1, -0.05) is 13.8 Å². The number of nitrogen functional groups attached to an aromatic ring is 1. The molecule has 0 aliphatic carbocycles. The van der Waals surface area contributed by atoms with E-state index < -0.39 is 0 Å². The first-order chi connectivity index (χ1) is 7.49. The standard InChI is InChI=1S/C11H22N4O/c1-5-11(6-2,7-16)13-10-9(12)8(3)14-15(10)4/h13,16H,5-7,12H2,1-4H3. The lowest BCUT2D eigenvalue weighted by Gasteiger charge is -2.31. The summed E-state index contributed by atoms with van der Waals surface area (Å²) in [5, 5.41) is 17.1. The number of anilines is 2. The van der Waals surface area contributed by atoms with Crippen LogP contribution in [0.15, 0.2) is 0 Å². The Morgan fingerprint density at radius 1 is 1.44 bits per heavy atom. The molecule has 0 bridgehead atoms. The molecule has 1 aromatic rings. The van der Waals surface area contributed by atoms with Gasteiger partial charge in [0.05, 0.1) is 23.5 Å². The Kier molecular flexibility index (Phi) is 3.80. The molecule has 5 nitrogen and oxygen atoms in total. The molecule has 0 aromatic carbocycles. The number of hydrogen-bond donors (Lipinski definition) is 3. The monoisotopic (exact) mass is 226 g/mol. The summed E-state index contributed by atoms with van der Waals surface area (Å²) in [6.07, 6.45) is 1.67. The Morgan fingerprint density at radius 3 is 2.31 bits per heavy atom. The first kappa shape index (κ1) is 12.8. The molecule has 0 saturated heterocycles. The molecule has 0 aliphatic heterocycles. The molecule has 0 atom stereocenters. The third-order valence-corrected chi connectivity index (χ3v) is 3.31. The number of aromatic nitrogens is 2. The van der Waals surface area contributed by atoms with Crippen molar-refractivity contribution in [3.63, 3.8) is 0 Å². The number of nitrogens with two attached hydrogens (primary N) is 1. The fourth-order valence-corrected chi connectivity index (χ4v) is 1.76. The summed E-state index contributed by atoms with van der Waals surface area (Å²) in [7, 11) is 1.85. The molecule has 1 aromatic heterocycles. The molecule has 1 heterocycles. The van der Waals surface area contributed by atoms with Gasteiger partial charge in [-0.25, -0.2) is 0 Å². The van der Waals surface area contributed by atoms with Crippen molar-refractivity contribution < 1.29 is 5.11 Å². The van der Waals surface area contributed by atoms with Crippen molar-refractivity contribution in [3.05, 3.63) is 5.69 Å². The van der Waals surface area contributed by atoms with E-state index in [-0.39, 0.29) is 12.1 Å². The van der Waals surface area contributed by atoms with E-state index in [2.05, 4.69) is 10.4 Å². The SMILES string of the molecule is CCC(CC)(CO)Nc1c(N)c(C)nn1C. The zero-order valence-electron chi connectivity index (χ0n) is 10.5. The Morgan fingerprint density at radius 2 is 2.00 bits per heavy atom. The summed E-state index contributed by atoms with van der Waals surface area (Å²) in [6.45, 7) is 6.06. The van der Waals surface area contributed by atoms with Crippen LogP contribution < -0.4 is 11.1 Å². The zero-order chi connectivity index (χ0) is 12.3. The van der Waals surface area contributed by atoms with Gasteiger partial charge in [-0.3, -0.25) is 4.68 Å². The van der Waals surface area contributed by atoms with Crippen LogP contribution in [0.3, 0.4) is 0 Å². The van der Waals surface area contributed by atoms with Crippen LogP contribution >= 0.6 is 0 Å². The van der Waals surface area contributed by atoms with Gasteiger partial charge in [-0.2, -0.15) is 5.10 Å². The van der Waals surface area contributed by atoms with Gasteiger partial charge < -0.3 is 16.2 Å². The first-order valence-corrected chi connectivity index (χ1v) is 5.67. The van der Waals surface area contributed by atoms with Gasteiger partial charge >= 0.3 is 0 Å². The van der Waals surface area contributed by atoms with Crippen molar-refractivity contribution in [3.8, 4) is 0 Å². The number of nitrogens with one attached hydrogen (secondary N) is 1. The summed E-state index contributed by atoms with van der Waals surface area (Å²) in [5.41, 5.74) is 7.10. The number of nitrogens with zero attached hydrogens (tertiary/aromatic N) is 2. The molecule has 0 spiro atoms. The van der Waals surface area contributed by atoms with Crippen molar-refractivity contribution >= 4 is 11.5 Å². The van der Waals surface area contributed by atoms with Crippen LogP contribution in [-0.4, -0.2) is 27.0 Å². The van der Waals surface area contributed by atoms with Gasteiger partial charge in [0.15, 0.2) is 0 Å². The summed E-state index contributed by atoms with van der Waals surface area (Å²) >= 11 is 0. The van der Waals surface area contributed by atoms with Crippen LogP contribution in [0.2, 0.25) is 0 Å². The molecule has 16 heavy (non-hydrogen) atoms. The van der Waals surface area contributed by atoms with Crippen molar-refractivity contribution in [2.75, 3.05) is 17.7 Å². The largest absolute Gasteiger partial charge is 0.394 e. The van der Waals surface area contributed by atoms with Gasteiger partial charge in [0.25, 0.3) is 0 Å². The quantitative estimate of drug-likeness (QED) is 0.706. The highest BCUT2D eigenvalue weighted by Gasteiger charge is 2.27. The van der Waals surface area contributed by atoms with E-state index in [1.807, 2.05) is 27.8 Å². The molecule has 5 heteroatoms. The molecule has 0 saturated carbocycles. The molecule has 0 aliphatic rings. The van der Waals surface area contributed by atoms with Crippen molar-refractivity contribution in [2.45, 2.75) is 39.2 Å². The van der Waals surface area contributed by atoms with Crippen LogP contribution in [0.25, 0.3) is 0 Å². The number of hydrogen-bond acceptors (Lipinski definition) is 4. The molecule has 0 fully saturated rings. The van der Waals surface area contributed by atoms with E-state index in [1.54, 1.807) is 4.68 Å². The number of aliphatic hydroxyl groups excluding tert-OH is 1. The molecule has 0 unspecified atom stereocenters. The minimum absolute atomic E-state index is 0.0870. The van der Waals surface area contributed by atoms with Crippen LogP contribution in [-0.2, 0) is 7.05 Å². The van der Waals surface area contributed by atoms with E-state index in [1.165, 1.54) is 0 Å². The summed E-state index contributed by atoms with van der Waals surface area (Å²) in [4.78, 5) is 0. The second-order valence-corrected chi connectivity index (χ2v) is 4.24. The second-order valence-electron chi connectivity index (χ2n) is 4.24. The molecular formula is C11H22N4O. The predicted octanol–water partition coefficient (Wildman–Crippen LogP) is 1.27. The minimum Gasteiger partial charge on any atom is -0.394 e. The lowest BCUT2D eigenvalue weighted by molar-refractivity contribution is 0.202. The highest BCUT2D eigenvalue weighted by atomic mass is 16.3. The zero-order valence-corrected chi connectivity index (χ0v) is 10.5. The van der Waals surface area contributed by atoms with Crippen LogP contribution in [0, 0.1) is 6.92 Å². The Labute approximate surface area is 96.6 Å². The summed E-state index contributed by atoms with van der Waals surface area (Å²) < 4.78 is 1.72. The van der Waals surface area contributed by atoms with Gasteiger partial charge in [0.2, 0.25) is 0 Å². The topological polar surface area (TPSA) is 76.1 Å². The average molecular weight is 226 g/mol. The normalized spacial score (nSPS) is 11.8. The molecule has 92 valence electrons. The Bertz CT molecular complexity index is 347. The maximum Gasteiger partial charge on any atom is 0.148 e. The second kappa shape index (κ2) is 4.74. The van der Waals surface area contributed by atoms with Gasteiger partial charge in [0, 0.05) is 7.05 Å². The number of aryl methyl sites for hydroxylation is 2. The van der Waals surface area contributed by atoms with Crippen molar-refractivity contribution in [1.29, 1.82) is 0 Å². The highest BCUT2D eigenvalue weighted by Crippen LogP contribution is 2.27. The highest BCUT2D eigenvalue weighted by molar-refractivity contribution is 5.65. The van der Waals surface area contributed by atoms with Crippen molar-refractivity contribution in [2.24, 2.45) is 7.05 Å². The Hall–Kier alpha value is -1.23. The third-order valence-electron chi connectivity index (χ3n) is 3.31. The van der Waals surface area contributed by atoms with Crippen LogP contribution in [0.5, 0.6) is 0 Å². The van der Waals surface area contributed by atoms with Gasteiger partial charge in [-0.15, -0.1) is 0 Å². The smallest absolute Gasteiger partial charge is 0.148 e. The van der Waals surface area contributed by atoms with Crippen LogP contribution in [0.4, 0.5) is 11.5 Å². The fourth-order valence-electron chi connectivity index (χ4n) is 1.76. The number of rotatable bonds is 5. The van der Waals surface area contributed by atoms with E-state index in [0.717, 1.165) is 24.4 Å². The maximum absolute atomic E-state index is 9.49. The van der Waals surface area contributed by atoms with E-state index >= 15 is 0 Å². The minimum atomic E-state index is -0.311. The fraction of sp³-hybridized carbons (Fsp3) is 0.727. The van der Waals surface area contributed by atoms with E-state index in [9.17, 15) is 5.11 Å². The molecule has 0 radical (unpaired) electrons. The van der Waals surface area contributed by atoms with Crippen LogP contribution in [0.1, 0.15) is 32.4 Å². The van der Waals surface area contributed by atoms with Crippen molar-refractivity contribution in [1.82, 2.24) is 9.78 Å². The molecular weight excluding hydrogens is 204 g/mol. The summed E-state index contributed by atoms with van der Waals surface area (Å²) in [5.74, 6) is 0.787. The van der Waals surface area contributed by atoms with E-state index in [4.69, 9.17) is 5.73 Å². The summed E-state index contributed by atoms with van der Waals surface area (Å²) in [6, 6.07) is 0. The lowest BCUT2D eigenvalue weighted by Crippen LogP contribution is -2.41. The third kappa shape index (κ3) is 2.14. The maximum atomic E-state index is 9.49. The predicted molar refractivity (Wildman–Crippen MR) is 66.4 cm³/mol. The first-order valence-electron chi connectivity index (χ1n) is 5.67. The molecule has 1 rings (SSSR count). The molecule has 0 amide bonds. The molecule has 4 N–H and O–H groups in total. The van der Waals surface area contributed by atoms with Gasteiger partial charge in [0.1, 0.15) is 5.82 Å². The Balaban J connectivity index is 3.02.